The molecule has 2 saturated carbocycles. The third kappa shape index (κ3) is 6.43. The van der Waals surface area contributed by atoms with E-state index in [4.69, 9.17) is 4.74 Å². The Kier molecular flexibility index (Phi) is 9.48. The zero-order chi connectivity index (χ0) is 33.5. The Balaban J connectivity index is 1.23. The third-order valence-electron chi connectivity index (χ3n) is 8.83. The van der Waals surface area contributed by atoms with Crippen molar-refractivity contribution in [3.63, 3.8) is 0 Å². The molecule has 5 unspecified atom stereocenters. The quantitative estimate of drug-likeness (QED) is 0.142. The SMILES string of the molecule is CCOC1CCC(n2cc(NC(=O)c3csc(-c4cnn(C5(O)CC(CO)C(O)C(O)C5O)c4)n3)c(-c3nc(F)ccc3F)n2)CC1. The van der Waals surface area contributed by atoms with Gasteiger partial charge >= 0.3 is 0 Å². The molecule has 2 aliphatic rings. The first-order valence-corrected chi connectivity index (χ1v) is 16.1. The summed E-state index contributed by atoms with van der Waals surface area (Å²) in [4.78, 5) is 21.5. The van der Waals surface area contributed by atoms with Crippen LogP contribution in [0.1, 0.15) is 55.6 Å². The van der Waals surface area contributed by atoms with Crippen LogP contribution in [0, 0.1) is 17.7 Å². The van der Waals surface area contributed by atoms with Crippen molar-refractivity contribution < 1.29 is 43.8 Å². The summed E-state index contributed by atoms with van der Waals surface area (Å²) in [5.41, 5.74) is -2.03. The first kappa shape index (κ1) is 33.2. The minimum Gasteiger partial charge on any atom is -0.396 e. The Labute approximate surface area is 271 Å². The molecule has 0 bridgehead atoms. The molecule has 252 valence electrons. The van der Waals surface area contributed by atoms with Gasteiger partial charge in [-0.3, -0.25) is 9.48 Å². The number of anilines is 1. The Morgan fingerprint density at radius 2 is 1.87 bits per heavy atom. The van der Waals surface area contributed by atoms with E-state index in [9.17, 15) is 39.1 Å². The summed E-state index contributed by atoms with van der Waals surface area (Å²) in [7, 11) is 0. The fourth-order valence-corrected chi connectivity index (χ4v) is 7.03. The molecule has 2 fully saturated rings. The molecule has 1 amide bonds. The zero-order valence-corrected chi connectivity index (χ0v) is 26.1. The minimum absolute atomic E-state index is 0.00310. The predicted molar refractivity (Wildman–Crippen MR) is 163 cm³/mol. The number of carbonyl (C=O) groups excluding carboxylic acids is 1. The van der Waals surface area contributed by atoms with Gasteiger partial charge in [-0.25, -0.2) is 19.0 Å². The molecule has 0 radical (unpaired) electrons. The molecule has 0 saturated heterocycles. The molecule has 47 heavy (non-hydrogen) atoms. The Morgan fingerprint density at radius 1 is 1.11 bits per heavy atom. The fourth-order valence-electron chi connectivity index (χ4n) is 6.25. The smallest absolute Gasteiger partial charge is 0.275 e. The van der Waals surface area contributed by atoms with Crippen molar-refractivity contribution >= 4 is 22.9 Å². The molecular weight excluding hydrogens is 640 g/mol. The number of halogens is 2. The molecule has 4 aromatic rings. The lowest BCUT2D eigenvalue weighted by Crippen LogP contribution is -2.62. The highest BCUT2D eigenvalue weighted by atomic mass is 32.1. The average molecular weight is 676 g/mol. The Bertz CT molecular complexity index is 1720. The highest BCUT2D eigenvalue weighted by Crippen LogP contribution is 2.38. The molecule has 2 aliphatic carbocycles. The van der Waals surface area contributed by atoms with Crippen LogP contribution in [0.5, 0.6) is 0 Å². The van der Waals surface area contributed by atoms with Crippen LogP contribution in [0.4, 0.5) is 14.5 Å². The van der Waals surface area contributed by atoms with E-state index < -0.39 is 54.2 Å². The van der Waals surface area contributed by atoms with Gasteiger partial charge in [0, 0.05) is 48.9 Å². The van der Waals surface area contributed by atoms with Crippen molar-refractivity contribution in [2.45, 2.75) is 75.2 Å². The molecule has 14 nitrogen and oxygen atoms in total. The lowest BCUT2D eigenvalue weighted by atomic mass is 9.77. The summed E-state index contributed by atoms with van der Waals surface area (Å²) in [5.74, 6) is -3.28. The zero-order valence-electron chi connectivity index (χ0n) is 25.3. The number of nitrogens with one attached hydrogen (secondary N) is 1. The van der Waals surface area contributed by atoms with Crippen molar-refractivity contribution in [2.24, 2.45) is 5.92 Å². The standard InChI is InChI=1S/C30H35F2N7O7S/c1-2-46-18-5-3-17(4-6-18)38-12-20(24(37-38)23-19(31)7-8-22(32)36-23)34-28(44)21-14-47-29(35-21)16-10-33-39(11-16)30(45)9-15(13-40)25(41)26(42)27(30)43/h7-8,10-12,14-15,17-18,25-27,40-43,45H,2-6,9,13H2,1H3,(H,34,44). The van der Waals surface area contributed by atoms with Gasteiger partial charge in [0.05, 0.1) is 30.1 Å². The second kappa shape index (κ2) is 13.4. The van der Waals surface area contributed by atoms with Crippen molar-refractivity contribution in [1.29, 1.82) is 0 Å². The number of pyridine rings is 1. The highest BCUT2D eigenvalue weighted by Gasteiger charge is 2.53. The van der Waals surface area contributed by atoms with Crippen LogP contribution in [0.15, 0.2) is 36.1 Å². The maximum atomic E-state index is 14.8. The summed E-state index contributed by atoms with van der Waals surface area (Å²) >= 11 is 1.09. The Hall–Kier alpha value is -3.71. The van der Waals surface area contributed by atoms with E-state index >= 15 is 0 Å². The van der Waals surface area contributed by atoms with Crippen molar-refractivity contribution in [3.8, 4) is 22.0 Å². The third-order valence-corrected chi connectivity index (χ3v) is 9.72. The van der Waals surface area contributed by atoms with Crippen molar-refractivity contribution in [1.82, 2.24) is 29.5 Å². The lowest BCUT2D eigenvalue weighted by molar-refractivity contribution is -0.247. The van der Waals surface area contributed by atoms with E-state index in [1.54, 1.807) is 10.9 Å². The fraction of sp³-hybridized carbons (Fsp3) is 0.500. The molecular formula is C30H35F2N7O7S. The van der Waals surface area contributed by atoms with Crippen LogP contribution in [-0.4, -0.2) is 98.6 Å². The maximum absolute atomic E-state index is 14.8. The number of aliphatic hydroxyl groups excluding tert-OH is 4. The van der Waals surface area contributed by atoms with Gasteiger partial charge in [-0.15, -0.1) is 11.3 Å². The number of aliphatic hydroxyl groups is 5. The largest absolute Gasteiger partial charge is 0.396 e. The van der Waals surface area contributed by atoms with E-state index in [-0.39, 0.29) is 41.3 Å². The molecule has 0 aliphatic heterocycles. The monoisotopic (exact) mass is 675 g/mol. The van der Waals surface area contributed by atoms with Crippen LogP contribution in [-0.2, 0) is 10.5 Å². The van der Waals surface area contributed by atoms with Gasteiger partial charge in [0.25, 0.3) is 5.91 Å². The lowest BCUT2D eigenvalue weighted by Gasteiger charge is -2.45. The second-order valence-corrected chi connectivity index (χ2v) is 12.7. The maximum Gasteiger partial charge on any atom is 0.275 e. The average Bonchev–Trinajstić information content (AvgIpc) is 3.84. The van der Waals surface area contributed by atoms with E-state index in [0.29, 0.717) is 17.2 Å². The number of aromatic nitrogens is 6. The summed E-state index contributed by atoms with van der Waals surface area (Å²) < 4.78 is 37.3. The van der Waals surface area contributed by atoms with Crippen LogP contribution in [0.2, 0.25) is 0 Å². The van der Waals surface area contributed by atoms with Gasteiger partial charge in [0.2, 0.25) is 5.95 Å². The molecule has 5 atom stereocenters. The van der Waals surface area contributed by atoms with Crippen LogP contribution < -0.4 is 5.32 Å². The molecule has 4 heterocycles. The molecule has 0 spiro atoms. The van der Waals surface area contributed by atoms with Gasteiger partial charge in [0.1, 0.15) is 34.3 Å². The van der Waals surface area contributed by atoms with Crippen molar-refractivity contribution in [2.75, 3.05) is 18.5 Å². The van der Waals surface area contributed by atoms with Gasteiger partial charge in [-0.1, -0.05) is 0 Å². The summed E-state index contributed by atoms with van der Waals surface area (Å²) in [5, 5.41) is 64.9. The topological polar surface area (TPSA) is 201 Å². The van der Waals surface area contributed by atoms with E-state index in [2.05, 4.69) is 25.5 Å². The van der Waals surface area contributed by atoms with Crippen molar-refractivity contribution in [3.05, 3.63) is 53.6 Å². The van der Waals surface area contributed by atoms with Crippen LogP contribution in [0.3, 0.4) is 0 Å². The predicted octanol–water partition coefficient (Wildman–Crippen LogP) is 2.06. The van der Waals surface area contributed by atoms with Gasteiger partial charge in [-0.05, 0) is 44.7 Å². The normalized spacial score (nSPS) is 28.0. The first-order chi connectivity index (χ1) is 22.5. The molecule has 0 aromatic carbocycles. The first-order valence-electron chi connectivity index (χ1n) is 15.2. The number of carbonyl (C=O) groups is 1. The van der Waals surface area contributed by atoms with Gasteiger partial charge in [-0.2, -0.15) is 14.6 Å². The van der Waals surface area contributed by atoms with Crippen LogP contribution in [0.25, 0.3) is 22.0 Å². The number of hydrogen-bond acceptors (Lipinski definition) is 12. The summed E-state index contributed by atoms with van der Waals surface area (Å²) in [6, 6.07) is 1.79. The molecule has 4 aromatic heterocycles. The Morgan fingerprint density at radius 3 is 2.60 bits per heavy atom. The van der Waals surface area contributed by atoms with Gasteiger partial charge < -0.3 is 35.6 Å². The summed E-state index contributed by atoms with van der Waals surface area (Å²) in [6.07, 6.45) is 2.25. The molecule has 6 rings (SSSR count). The number of nitrogens with zero attached hydrogens (tertiary/aromatic N) is 6. The van der Waals surface area contributed by atoms with Crippen LogP contribution >= 0.6 is 11.3 Å². The number of thiazole rings is 1. The number of hydrogen-bond donors (Lipinski definition) is 6. The molecule has 17 heteroatoms. The molecule has 6 N–H and O–H groups in total. The minimum atomic E-state index is -2.14. The van der Waals surface area contributed by atoms with E-state index in [0.717, 1.165) is 53.8 Å². The number of amides is 1. The number of rotatable bonds is 9. The van der Waals surface area contributed by atoms with E-state index in [1.165, 1.54) is 17.8 Å². The van der Waals surface area contributed by atoms with Gasteiger partial charge in [0.15, 0.2) is 11.5 Å². The highest BCUT2D eigenvalue weighted by molar-refractivity contribution is 7.13. The second-order valence-electron chi connectivity index (χ2n) is 11.8. The number of ether oxygens (including phenoxy) is 1. The summed E-state index contributed by atoms with van der Waals surface area (Å²) in [6.45, 7) is 2.02. The van der Waals surface area contributed by atoms with E-state index in [1.807, 2.05) is 6.92 Å².